The zero-order valence-electron chi connectivity index (χ0n) is 9.80. The molecule has 0 spiro atoms. The lowest BCUT2D eigenvalue weighted by Crippen LogP contribution is -2.32. The molecule has 1 aromatic heterocycles. The summed E-state index contributed by atoms with van der Waals surface area (Å²) in [6.45, 7) is 0.693. The van der Waals surface area contributed by atoms with Crippen LogP contribution in [0.25, 0.3) is 10.9 Å². The largest absolute Gasteiger partial charge is 0.361 e. The Morgan fingerprint density at radius 3 is 2.76 bits per heavy atom. The molecule has 1 aliphatic rings. The topological polar surface area (TPSA) is 41.8 Å². The Kier molecular flexibility index (Phi) is 2.64. The standard InChI is InChI=1S/C14H17ClN2/c15-12-7-10-3-6-17-13(10)8-11(12)14(9-16)4-1-2-5-14/h3,6-8,17H,1-2,4-5,9,16H2. The van der Waals surface area contributed by atoms with Gasteiger partial charge in [0.25, 0.3) is 0 Å². The first-order valence-corrected chi connectivity index (χ1v) is 6.60. The predicted octanol–water partition coefficient (Wildman–Crippen LogP) is 3.59. The molecule has 1 aliphatic carbocycles. The summed E-state index contributed by atoms with van der Waals surface area (Å²) in [4.78, 5) is 3.25. The number of H-pyrrole nitrogens is 1. The number of nitrogens with one attached hydrogen (secondary N) is 1. The maximum Gasteiger partial charge on any atom is 0.0457 e. The van der Waals surface area contributed by atoms with E-state index in [0.29, 0.717) is 6.54 Å². The SMILES string of the molecule is NCC1(c2cc3[nH]ccc3cc2Cl)CCCC1. The van der Waals surface area contributed by atoms with Crippen LogP contribution < -0.4 is 5.73 Å². The van der Waals surface area contributed by atoms with Gasteiger partial charge >= 0.3 is 0 Å². The van der Waals surface area contributed by atoms with Crippen molar-refractivity contribution in [3.63, 3.8) is 0 Å². The molecule has 90 valence electrons. The monoisotopic (exact) mass is 248 g/mol. The molecule has 1 aromatic carbocycles. The van der Waals surface area contributed by atoms with Gasteiger partial charge in [-0.3, -0.25) is 0 Å². The lowest BCUT2D eigenvalue weighted by Gasteiger charge is -2.29. The van der Waals surface area contributed by atoms with Crippen LogP contribution in [0.2, 0.25) is 5.02 Å². The van der Waals surface area contributed by atoms with Crippen molar-refractivity contribution in [3.05, 3.63) is 35.0 Å². The van der Waals surface area contributed by atoms with Crippen LogP contribution in [0.1, 0.15) is 31.2 Å². The first-order valence-electron chi connectivity index (χ1n) is 6.22. The molecule has 0 radical (unpaired) electrons. The van der Waals surface area contributed by atoms with E-state index in [9.17, 15) is 0 Å². The van der Waals surface area contributed by atoms with E-state index in [-0.39, 0.29) is 5.41 Å². The highest BCUT2D eigenvalue weighted by Crippen LogP contribution is 2.44. The van der Waals surface area contributed by atoms with E-state index in [1.54, 1.807) is 0 Å². The van der Waals surface area contributed by atoms with Crippen LogP contribution in [-0.4, -0.2) is 11.5 Å². The molecule has 0 bridgehead atoms. The average molecular weight is 249 g/mol. The van der Waals surface area contributed by atoms with Crippen LogP contribution in [0.5, 0.6) is 0 Å². The summed E-state index contributed by atoms with van der Waals surface area (Å²) in [7, 11) is 0. The Bertz CT molecular complexity index is 538. The van der Waals surface area contributed by atoms with Crippen molar-refractivity contribution in [2.24, 2.45) is 5.73 Å². The van der Waals surface area contributed by atoms with Gasteiger partial charge in [0.05, 0.1) is 0 Å². The van der Waals surface area contributed by atoms with E-state index >= 15 is 0 Å². The van der Waals surface area contributed by atoms with E-state index in [1.165, 1.54) is 23.8 Å². The van der Waals surface area contributed by atoms with Crippen molar-refractivity contribution in [3.8, 4) is 0 Å². The number of hydrogen-bond acceptors (Lipinski definition) is 1. The maximum atomic E-state index is 6.44. The first kappa shape index (κ1) is 11.1. The molecule has 3 N–H and O–H groups in total. The van der Waals surface area contributed by atoms with Crippen molar-refractivity contribution in [2.75, 3.05) is 6.54 Å². The summed E-state index contributed by atoms with van der Waals surface area (Å²) < 4.78 is 0. The number of aromatic nitrogens is 1. The molecule has 0 atom stereocenters. The van der Waals surface area contributed by atoms with Gasteiger partial charge in [0.2, 0.25) is 0 Å². The Hall–Kier alpha value is -0.990. The molecule has 3 heteroatoms. The molecule has 0 saturated heterocycles. The van der Waals surface area contributed by atoms with Crippen molar-refractivity contribution in [1.29, 1.82) is 0 Å². The maximum absolute atomic E-state index is 6.44. The van der Waals surface area contributed by atoms with Gasteiger partial charge in [-0.1, -0.05) is 24.4 Å². The third-order valence-electron chi connectivity index (χ3n) is 4.16. The van der Waals surface area contributed by atoms with Crippen molar-refractivity contribution >= 4 is 22.5 Å². The van der Waals surface area contributed by atoms with E-state index in [2.05, 4.69) is 23.2 Å². The molecular formula is C14H17ClN2. The smallest absolute Gasteiger partial charge is 0.0457 e. The number of benzene rings is 1. The van der Waals surface area contributed by atoms with Crippen molar-refractivity contribution in [2.45, 2.75) is 31.1 Å². The summed E-state index contributed by atoms with van der Waals surface area (Å²) in [5, 5.41) is 2.04. The summed E-state index contributed by atoms with van der Waals surface area (Å²) in [5.74, 6) is 0. The van der Waals surface area contributed by atoms with E-state index in [1.807, 2.05) is 6.20 Å². The molecular weight excluding hydrogens is 232 g/mol. The van der Waals surface area contributed by atoms with Crippen LogP contribution in [0, 0.1) is 0 Å². The Balaban J connectivity index is 2.17. The summed E-state index contributed by atoms with van der Waals surface area (Å²) in [6.07, 6.45) is 6.80. The van der Waals surface area contributed by atoms with Crippen LogP contribution in [0.3, 0.4) is 0 Å². The molecule has 0 unspecified atom stereocenters. The number of hydrogen-bond donors (Lipinski definition) is 2. The van der Waals surface area contributed by atoms with Gasteiger partial charge < -0.3 is 10.7 Å². The fraction of sp³-hybridized carbons (Fsp3) is 0.429. The molecule has 3 rings (SSSR count). The quantitative estimate of drug-likeness (QED) is 0.838. The zero-order chi connectivity index (χ0) is 11.9. The molecule has 0 aliphatic heterocycles. The molecule has 17 heavy (non-hydrogen) atoms. The van der Waals surface area contributed by atoms with E-state index in [4.69, 9.17) is 17.3 Å². The average Bonchev–Trinajstić information content (AvgIpc) is 2.95. The summed E-state index contributed by atoms with van der Waals surface area (Å²) in [5.41, 5.74) is 8.52. The lowest BCUT2D eigenvalue weighted by molar-refractivity contribution is 0.453. The number of fused-ring (bicyclic) bond motifs is 1. The minimum absolute atomic E-state index is 0.108. The third-order valence-corrected chi connectivity index (χ3v) is 4.48. The Morgan fingerprint density at radius 1 is 1.29 bits per heavy atom. The number of rotatable bonds is 2. The van der Waals surface area contributed by atoms with Gasteiger partial charge in [-0.05, 0) is 36.6 Å². The lowest BCUT2D eigenvalue weighted by atomic mass is 9.78. The summed E-state index contributed by atoms with van der Waals surface area (Å²) >= 11 is 6.44. The van der Waals surface area contributed by atoms with E-state index < -0.39 is 0 Å². The number of halogens is 1. The molecule has 2 aromatic rings. The highest BCUT2D eigenvalue weighted by molar-refractivity contribution is 6.32. The van der Waals surface area contributed by atoms with Crippen LogP contribution in [0.15, 0.2) is 24.4 Å². The normalized spacial score (nSPS) is 18.9. The fourth-order valence-corrected chi connectivity index (χ4v) is 3.49. The minimum atomic E-state index is 0.108. The highest BCUT2D eigenvalue weighted by Gasteiger charge is 2.36. The van der Waals surface area contributed by atoms with Crippen LogP contribution in [0.4, 0.5) is 0 Å². The molecule has 1 heterocycles. The zero-order valence-corrected chi connectivity index (χ0v) is 10.6. The van der Waals surface area contributed by atoms with Crippen molar-refractivity contribution in [1.82, 2.24) is 4.98 Å². The van der Waals surface area contributed by atoms with Gasteiger partial charge in [-0.15, -0.1) is 0 Å². The minimum Gasteiger partial charge on any atom is -0.361 e. The Morgan fingerprint density at radius 2 is 2.06 bits per heavy atom. The second kappa shape index (κ2) is 4.04. The summed E-state index contributed by atoms with van der Waals surface area (Å²) in [6, 6.07) is 6.29. The van der Waals surface area contributed by atoms with Gasteiger partial charge in [0.1, 0.15) is 0 Å². The van der Waals surface area contributed by atoms with Gasteiger partial charge in [0, 0.05) is 34.1 Å². The molecule has 1 saturated carbocycles. The number of aromatic amines is 1. The molecule has 1 fully saturated rings. The second-order valence-electron chi connectivity index (χ2n) is 5.09. The molecule has 2 nitrogen and oxygen atoms in total. The molecule has 0 amide bonds. The van der Waals surface area contributed by atoms with E-state index in [0.717, 1.165) is 23.4 Å². The Labute approximate surface area is 106 Å². The highest BCUT2D eigenvalue weighted by atomic mass is 35.5. The predicted molar refractivity (Wildman–Crippen MR) is 72.5 cm³/mol. The van der Waals surface area contributed by atoms with Crippen molar-refractivity contribution < 1.29 is 0 Å². The van der Waals surface area contributed by atoms with Gasteiger partial charge in [0.15, 0.2) is 0 Å². The second-order valence-corrected chi connectivity index (χ2v) is 5.50. The van der Waals surface area contributed by atoms with Crippen LogP contribution in [-0.2, 0) is 5.41 Å². The first-order chi connectivity index (χ1) is 8.25. The van der Waals surface area contributed by atoms with Gasteiger partial charge in [-0.2, -0.15) is 0 Å². The third kappa shape index (κ3) is 1.67. The van der Waals surface area contributed by atoms with Crippen LogP contribution >= 0.6 is 11.6 Å². The number of nitrogens with two attached hydrogens (primary N) is 1. The fourth-order valence-electron chi connectivity index (χ4n) is 3.11. The van der Waals surface area contributed by atoms with Gasteiger partial charge in [-0.25, -0.2) is 0 Å².